The molecule has 0 unspecified atom stereocenters. The first-order valence-electron chi connectivity index (χ1n) is 3.41. The molecule has 0 aromatic rings. The maximum absolute atomic E-state index is 7.43. The van der Waals surface area contributed by atoms with Gasteiger partial charge in [-0.15, -0.1) is 0 Å². The topological polar surface area (TPSA) is 39.5 Å². The van der Waals surface area contributed by atoms with E-state index in [0.29, 0.717) is 5.71 Å². The van der Waals surface area contributed by atoms with Gasteiger partial charge in [0, 0.05) is 14.1 Å². The van der Waals surface area contributed by atoms with E-state index in [1.807, 2.05) is 25.9 Å². The van der Waals surface area contributed by atoms with Gasteiger partial charge in [0.15, 0.2) is 0 Å². The number of allylic oxidation sites excluding steroid dienone is 2. The van der Waals surface area contributed by atoms with Crippen molar-refractivity contribution >= 4 is 12.4 Å². The van der Waals surface area contributed by atoms with Crippen molar-refractivity contribution in [1.29, 1.82) is 5.41 Å². The SMILES string of the molecule is C=N/C(C)=C(/C(C)=N)N(C)C. The standard InChI is InChI=1S/C8H15N3/c1-6(9)8(11(4)5)7(2)10-3/h9H,3H2,1-2,4-5H3/b8-7-,9-6?. The number of nitrogens with one attached hydrogen (secondary N) is 1. The van der Waals surface area contributed by atoms with E-state index in [2.05, 4.69) is 11.7 Å². The Hall–Kier alpha value is -1.12. The molecule has 0 saturated carbocycles. The molecule has 0 aromatic carbocycles. The lowest BCUT2D eigenvalue weighted by Crippen LogP contribution is -2.18. The van der Waals surface area contributed by atoms with Crippen LogP contribution in [0.2, 0.25) is 0 Å². The predicted molar refractivity (Wildman–Crippen MR) is 49.3 cm³/mol. The lowest BCUT2D eigenvalue weighted by Gasteiger charge is -2.17. The molecule has 11 heavy (non-hydrogen) atoms. The van der Waals surface area contributed by atoms with Gasteiger partial charge >= 0.3 is 0 Å². The second-order valence-electron chi connectivity index (χ2n) is 2.61. The fourth-order valence-electron chi connectivity index (χ4n) is 1.01. The molecule has 0 amide bonds. The lowest BCUT2D eigenvalue weighted by atomic mass is 10.2. The summed E-state index contributed by atoms with van der Waals surface area (Å²) >= 11 is 0. The second-order valence-corrected chi connectivity index (χ2v) is 2.61. The molecule has 0 heterocycles. The zero-order valence-corrected chi connectivity index (χ0v) is 7.60. The van der Waals surface area contributed by atoms with Crippen LogP contribution in [0, 0.1) is 5.41 Å². The molecule has 0 aliphatic heterocycles. The normalized spacial score (nSPS) is 12.0. The van der Waals surface area contributed by atoms with Gasteiger partial charge in [0.25, 0.3) is 0 Å². The highest BCUT2D eigenvalue weighted by Gasteiger charge is 2.05. The minimum Gasteiger partial charge on any atom is -0.375 e. The Morgan fingerprint density at radius 1 is 1.36 bits per heavy atom. The van der Waals surface area contributed by atoms with Gasteiger partial charge in [0.05, 0.1) is 17.1 Å². The first-order valence-corrected chi connectivity index (χ1v) is 3.41. The minimum atomic E-state index is 0.514. The van der Waals surface area contributed by atoms with Crippen LogP contribution in [-0.4, -0.2) is 31.4 Å². The van der Waals surface area contributed by atoms with Gasteiger partial charge in [-0.3, -0.25) is 4.99 Å². The highest BCUT2D eigenvalue weighted by molar-refractivity contribution is 5.95. The summed E-state index contributed by atoms with van der Waals surface area (Å²) in [7, 11) is 3.78. The fraction of sp³-hybridized carbons (Fsp3) is 0.500. The summed E-state index contributed by atoms with van der Waals surface area (Å²) in [4.78, 5) is 5.65. The predicted octanol–water partition coefficient (Wildman–Crippen LogP) is 1.52. The van der Waals surface area contributed by atoms with Crippen LogP contribution in [0.5, 0.6) is 0 Å². The first kappa shape index (κ1) is 9.88. The molecule has 0 bridgehead atoms. The number of rotatable bonds is 3. The van der Waals surface area contributed by atoms with Crippen molar-refractivity contribution in [3.63, 3.8) is 0 Å². The molecule has 3 heteroatoms. The van der Waals surface area contributed by atoms with Crippen molar-refractivity contribution in [3.8, 4) is 0 Å². The van der Waals surface area contributed by atoms with E-state index in [1.54, 1.807) is 6.92 Å². The molecule has 0 saturated heterocycles. The molecule has 62 valence electrons. The van der Waals surface area contributed by atoms with Crippen LogP contribution in [0.3, 0.4) is 0 Å². The Morgan fingerprint density at radius 2 is 1.82 bits per heavy atom. The smallest absolute Gasteiger partial charge is 0.0784 e. The van der Waals surface area contributed by atoms with Crippen molar-refractivity contribution in [3.05, 3.63) is 11.4 Å². The van der Waals surface area contributed by atoms with Crippen LogP contribution >= 0.6 is 0 Å². The Bertz CT molecular complexity index is 201. The van der Waals surface area contributed by atoms with Crippen LogP contribution in [0.15, 0.2) is 16.4 Å². The Labute approximate surface area is 67.9 Å². The molecule has 3 nitrogen and oxygen atoms in total. The zero-order valence-electron chi connectivity index (χ0n) is 7.60. The Kier molecular flexibility index (Phi) is 3.51. The summed E-state index contributed by atoms with van der Waals surface area (Å²) < 4.78 is 0. The molecule has 0 aliphatic rings. The van der Waals surface area contributed by atoms with Crippen molar-refractivity contribution < 1.29 is 0 Å². The van der Waals surface area contributed by atoms with Gasteiger partial charge in [0.2, 0.25) is 0 Å². The van der Waals surface area contributed by atoms with E-state index in [0.717, 1.165) is 11.4 Å². The van der Waals surface area contributed by atoms with E-state index < -0.39 is 0 Å². The van der Waals surface area contributed by atoms with E-state index >= 15 is 0 Å². The number of hydrogen-bond acceptors (Lipinski definition) is 3. The van der Waals surface area contributed by atoms with E-state index in [4.69, 9.17) is 5.41 Å². The number of aliphatic imine (C=N–C) groups is 1. The molecule has 0 atom stereocenters. The average molecular weight is 153 g/mol. The Balaban J connectivity index is 4.87. The van der Waals surface area contributed by atoms with Crippen molar-refractivity contribution in [1.82, 2.24) is 4.90 Å². The van der Waals surface area contributed by atoms with Crippen LogP contribution < -0.4 is 0 Å². The van der Waals surface area contributed by atoms with E-state index in [9.17, 15) is 0 Å². The molecule has 0 fully saturated rings. The van der Waals surface area contributed by atoms with Crippen LogP contribution in [-0.2, 0) is 0 Å². The van der Waals surface area contributed by atoms with Crippen molar-refractivity contribution in [2.75, 3.05) is 14.1 Å². The fourth-order valence-corrected chi connectivity index (χ4v) is 1.01. The number of hydrogen-bond donors (Lipinski definition) is 1. The van der Waals surface area contributed by atoms with Gasteiger partial charge in [-0.1, -0.05) is 0 Å². The number of nitrogens with zero attached hydrogens (tertiary/aromatic N) is 2. The third-order valence-electron chi connectivity index (χ3n) is 1.38. The van der Waals surface area contributed by atoms with Gasteiger partial charge in [-0.05, 0) is 20.6 Å². The maximum atomic E-state index is 7.43. The minimum absolute atomic E-state index is 0.514. The summed E-state index contributed by atoms with van der Waals surface area (Å²) in [6.07, 6.45) is 0. The lowest BCUT2D eigenvalue weighted by molar-refractivity contribution is 0.531. The second kappa shape index (κ2) is 3.91. The third-order valence-corrected chi connectivity index (χ3v) is 1.38. The monoisotopic (exact) mass is 153 g/mol. The molecule has 0 aliphatic carbocycles. The average Bonchev–Trinajstić information content (AvgIpc) is 1.85. The molecular weight excluding hydrogens is 138 g/mol. The molecule has 0 radical (unpaired) electrons. The third kappa shape index (κ3) is 2.53. The van der Waals surface area contributed by atoms with Crippen molar-refractivity contribution in [2.24, 2.45) is 4.99 Å². The summed E-state index contributed by atoms with van der Waals surface area (Å²) in [5.41, 5.74) is 2.14. The largest absolute Gasteiger partial charge is 0.375 e. The van der Waals surface area contributed by atoms with E-state index in [1.165, 1.54) is 0 Å². The summed E-state index contributed by atoms with van der Waals surface area (Å²) in [5.74, 6) is 0. The Morgan fingerprint density at radius 3 is 1.91 bits per heavy atom. The highest BCUT2D eigenvalue weighted by Crippen LogP contribution is 2.08. The van der Waals surface area contributed by atoms with Gasteiger partial charge in [0.1, 0.15) is 0 Å². The zero-order chi connectivity index (χ0) is 9.02. The summed E-state index contributed by atoms with van der Waals surface area (Å²) in [6, 6.07) is 0. The molecule has 0 rings (SSSR count). The van der Waals surface area contributed by atoms with Gasteiger partial charge in [-0.2, -0.15) is 0 Å². The molecule has 1 N–H and O–H groups in total. The van der Waals surface area contributed by atoms with Crippen LogP contribution in [0.1, 0.15) is 13.8 Å². The summed E-state index contributed by atoms with van der Waals surface area (Å²) in [6.45, 7) is 7.00. The van der Waals surface area contributed by atoms with Crippen molar-refractivity contribution in [2.45, 2.75) is 13.8 Å². The molecule has 0 spiro atoms. The van der Waals surface area contributed by atoms with E-state index in [-0.39, 0.29) is 0 Å². The molecular formula is C8H15N3. The van der Waals surface area contributed by atoms with Crippen LogP contribution in [0.25, 0.3) is 0 Å². The molecule has 0 aromatic heterocycles. The van der Waals surface area contributed by atoms with Crippen LogP contribution in [0.4, 0.5) is 0 Å². The summed E-state index contributed by atoms with van der Waals surface area (Å²) in [5, 5.41) is 7.43. The van der Waals surface area contributed by atoms with Gasteiger partial charge < -0.3 is 10.3 Å². The van der Waals surface area contributed by atoms with Gasteiger partial charge in [-0.25, -0.2) is 0 Å². The maximum Gasteiger partial charge on any atom is 0.0784 e. The quantitative estimate of drug-likeness (QED) is 0.613. The highest BCUT2D eigenvalue weighted by atomic mass is 15.1. The first-order chi connectivity index (χ1) is 5.00.